The smallest absolute Gasteiger partial charge is 0.223 e. The lowest BCUT2D eigenvalue weighted by molar-refractivity contribution is -0.137. The minimum atomic E-state index is -1.65. The molecule has 21 heavy (non-hydrogen) atoms. The lowest BCUT2D eigenvalue weighted by Crippen LogP contribution is -2.47. The van der Waals surface area contributed by atoms with Crippen molar-refractivity contribution in [3.63, 3.8) is 0 Å². The highest BCUT2D eigenvalue weighted by molar-refractivity contribution is 8.29. The molecule has 1 N–H and O–H groups in total. The highest BCUT2D eigenvalue weighted by Gasteiger charge is 2.44. The number of hydrogen-bond acceptors (Lipinski definition) is 3. The predicted octanol–water partition coefficient (Wildman–Crippen LogP) is 2.74. The van der Waals surface area contributed by atoms with E-state index in [0.29, 0.717) is 6.42 Å². The Morgan fingerprint density at radius 2 is 2.10 bits per heavy atom. The quantitative estimate of drug-likeness (QED) is 0.868. The van der Waals surface area contributed by atoms with Gasteiger partial charge in [0.25, 0.3) is 0 Å². The van der Waals surface area contributed by atoms with E-state index in [4.69, 9.17) is 4.18 Å². The molecule has 1 fully saturated rings. The molecule has 2 atom stereocenters. The van der Waals surface area contributed by atoms with Crippen LogP contribution in [0.3, 0.4) is 0 Å². The van der Waals surface area contributed by atoms with Gasteiger partial charge in [-0.05, 0) is 38.3 Å². The van der Waals surface area contributed by atoms with Crippen LogP contribution in [0.4, 0.5) is 0 Å². The fraction of sp³-hybridized carbons (Fsp3) is 0.562. The zero-order chi connectivity index (χ0) is 15.2. The average molecular weight is 309 g/mol. The highest BCUT2D eigenvalue weighted by atomic mass is 32.3. The minimum absolute atomic E-state index is 0.148. The molecule has 2 aliphatic heterocycles. The zero-order valence-electron chi connectivity index (χ0n) is 12.8. The van der Waals surface area contributed by atoms with Gasteiger partial charge in [-0.3, -0.25) is 4.79 Å². The number of likely N-dealkylation sites (tertiary alicyclic amines) is 1. The van der Waals surface area contributed by atoms with E-state index in [1.807, 2.05) is 42.5 Å². The lowest BCUT2D eigenvalue weighted by Gasteiger charge is -2.49. The summed E-state index contributed by atoms with van der Waals surface area (Å²) in [6.07, 6.45) is 6.46. The molecule has 1 amide bonds. The van der Waals surface area contributed by atoms with E-state index in [9.17, 15) is 9.90 Å². The van der Waals surface area contributed by atoms with Crippen LogP contribution in [0.2, 0.25) is 0 Å². The van der Waals surface area contributed by atoms with Gasteiger partial charge in [0.15, 0.2) is 0 Å². The first-order valence-electron chi connectivity index (χ1n) is 7.40. The van der Waals surface area contributed by atoms with Gasteiger partial charge in [0.1, 0.15) is 11.2 Å². The molecule has 0 aliphatic carbocycles. The third-order valence-electron chi connectivity index (χ3n) is 4.34. The summed E-state index contributed by atoms with van der Waals surface area (Å²) in [5, 5.41) is 10.8. The molecule has 1 aromatic rings. The van der Waals surface area contributed by atoms with Crippen LogP contribution in [0.5, 0.6) is 5.75 Å². The fourth-order valence-electron chi connectivity index (χ4n) is 3.16. The molecular formula is C16H23NO3S. The van der Waals surface area contributed by atoms with Gasteiger partial charge in [0, 0.05) is 18.5 Å². The number of hydrogen-bond donors (Lipinski definition) is 1. The number of aryl methyl sites for hydroxylation is 1. The molecule has 0 aromatic heterocycles. The molecule has 1 saturated heterocycles. The lowest BCUT2D eigenvalue weighted by atomic mass is 9.99. The summed E-state index contributed by atoms with van der Waals surface area (Å²) in [4.78, 5) is 14.2. The van der Waals surface area contributed by atoms with Crippen LogP contribution < -0.4 is 4.18 Å². The molecule has 5 heteroatoms. The Morgan fingerprint density at radius 1 is 1.33 bits per heavy atom. The van der Waals surface area contributed by atoms with Gasteiger partial charge in [-0.15, -0.1) is 0 Å². The maximum atomic E-state index is 12.3. The highest BCUT2D eigenvalue weighted by Crippen LogP contribution is 2.57. The zero-order valence-corrected chi connectivity index (χ0v) is 13.7. The van der Waals surface area contributed by atoms with Crippen LogP contribution in [0.15, 0.2) is 18.2 Å². The summed E-state index contributed by atoms with van der Waals surface area (Å²) in [6, 6.07) is 5.75. The Hall–Kier alpha value is -1.20. The Kier molecular flexibility index (Phi) is 3.66. The maximum Gasteiger partial charge on any atom is 0.223 e. The number of aliphatic hydroxyl groups is 1. The van der Waals surface area contributed by atoms with Crippen LogP contribution in [-0.4, -0.2) is 40.4 Å². The van der Waals surface area contributed by atoms with Gasteiger partial charge in [0.2, 0.25) is 5.91 Å². The van der Waals surface area contributed by atoms with Gasteiger partial charge < -0.3 is 14.2 Å². The van der Waals surface area contributed by atoms with Crippen LogP contribution >= 0.6 is 10.3 Å². The molecule has 0 radical (unpaired) electrons. The topological polar surface area (TPSA) is 49.8 Å². The van der Waals surface area contributed by atoms with Crippen molar-refractivity contribution >= 4 is 16.2 Å². The Balaban J connectivity index is 2.08. The third kappa shape index (κ3) is 2.53. The normalized spacial score (nSPS) is 29.5. The van der Waals surface area contributed by atoms with Crippen molar-refractivity contribution in [2.45, 2.75) is 37.7 Å². The maximum absolute atomic E-state index is 12.3. The van der Waals surface area contributed by atoms with Gasteiger partial charge in [0.05, 0.1) is 6.04 Å². The Labute approximate surface area is 127 Å². The minimum Gasteiger partial charge on any atom is -0.447 e. The number of nitrogens with zero attached hydrogens (tertiary/aromatic N) is 1. The van der Waals surface area contributed by atoms with Gasteiger partial charge in [-0.2, -0.15) is 0 Å². The summed E-state index contributed by atoms with van der Waals surface area (Å²) in [5.74, 6) is 0.962. The predicted molar refractivity (Wildman–Crippen MR) is 85.6 cm³/mol. The second kappa shape index (κ2) is 5.21. The van der Waals surface area contributed by atoms with Crippen LogP contribution in [0.25, 0.3) is 0 Å². The van der Waals surface area contributed by atoms with E-state index >= 15 is 0 Å². The van der Waals surface area contributed by atoms with E-state index in [1.54, 1.807) is 0 Å². The van der Waals surface area contributed by atoms with E-state index in [-0.39, 0.29) is 11.9 Å². The molecule has 2 unspecified atom stereocenters. The second-order valence-corrected chi connectivity index (χ2v) is 9.58. The molecular weight excluding hydrogens is 286 g/mol. The van der Waals surface area contributed by atoms with Gasteiger partial charge in [-0.25, -0.2) is 0 Å². The average Bonchev–Trinajstić information content (AvgIpc) is 2.42. The van der Waals surface area contributed by atoms with Crippen molar-refractivity contribution in [3.05, 3.63) is 29.3 Å². The van der Waals surface area contributed by atoms with Crippen LogP contribution in [0.1, 0.15) is 36.4 Å². The molecule has 0 saturated carbocycles. The number of benzene rings is 1. The molecule has 0 bridgehead atoms. The van der Waals surface area contributed by atoms with E-state index < -0.39 is 15.7 Å². The first-order valence-corrected chi connectivity index (χ1v) is 9.83. The van der Waals surface area contributed by atoms with Crippen LogP contribution in [-0.2, 0) is 4.79 Å². The van der Waals surface area contributed by atoms with Crippen molar-refractivity contribution in [2.24, 2.45) is 0 Å². The molecule has 4 nitrogen and oxygen atoms in total. The first-order chi connectivity index (χ1) is 9.90. The summed E-state index contributed by atoms with van der Waals surface area (Å²) < 4.78 is 6.04. The number of amides is 1. The standard InChI is InChI=1S/C16H23NO3S/c1-11-7-8-13-12(10-11)15(16(19)21(2,3)20-13)17-9-5-4-6-14(17)18/h7-8,10,15-16,19H,4-6,9H2,1-3H3. The number of aliphatic hydroxyl groups excluding tert-OH is 1. The van der Waals surface area contributed by atoms with E-state index in [2.05, 4.69) is 0 Å². The number of carbonyl (C=O) groups is 1. The molecule has 2 aliphatic rings. The Bertz CT molecular complexity index is 573. The van der Waals surface area contributed by atoms with Crippen molar-refractivity contribution in [2.75, 3.05) is 19.1 Å². The molecule has 116 valence electrons. The van der Waals surface area contributed by atoms with Gasteiger partial charge in [-0.1, -0.05) is 28.0 Å². The van der Waals surface area contributed by atoms with Crippen LogP contribution in [0, 0.1) is 6.92 Å². The second-order valence-electron chi connectivity index (χ2n) is 6.31. The van der Waals surface area contributed by atoms with Crippen molar-refractivity contribution in [3.8, 4) is 5.75 Å². The van der Waals surface area contributed by atoms with E-state index in [1.165, 1.54) is 0 Å². The summed E-state index contributed by atoms with van der Waals surface area (Å²) in [5.41, 5.74) is 1.42. The molecule has 2 heterocycles. The summed E-state index contributed by atoms with van der Waals surface area (Å²) >= 11 is 0. The summed E-state index contributed by atoms with van der Waals surface area (Å²) in [7, 11) is -1.65. The number of rotatable bonds is 1. The third-order valence-corrected chi connectivity index (χ3v) is 6.37. The first kappa shape index (κ1) is 14.7. The molecule has 1 aromatic carbocycles. The molecule has 0 spiro atoms. The summed E-state index contributed by atoms with van der Waals surface area (Å²) in [6.45, 7) is 2.75. The largest absolute Gasteiger partial charge is 0.447 e. The fourth-order valence-corrected chi connectivity index (χ4v) is 4.79. The van der Waals surface area contributed by atoms with Gasteiger partial charge >= 0.3 is 0 Å². The van der Waals surface area contributed by atoms with Crippen molar-refractivity contribution < 1.29 is 14.1 Å². The molecule has 3 rings (SSSR count). The number of fused-ring (bicyclic) bond motifs is 1. The van der Waals surface area contributed by atoms with Crippen molar-refractivity contribution in [1.82, 2.24) is 4.90 Å². The Morgan fingerprint density at radius 3 is 2.81 bits per heavy atom. The van der Waals surface area contributed by atoms with Crippen molar-refractivity contribution in [1.29, 1.82) is 0 Å². The number of carbonyl (C=O) groups excluding carboxylic acids is 1. The SMILES string of the molecule is Cc1ccc2c(c1)C(N1CCCCC1=O)C(O)S(C)(C)O2. The number of piperidine rings is 1. The van der Waals surface area contributed by atoms with E-state index in [0.717, 1.165) is 36.3 Å². The monoisotopic (exact) mass is 309 g/mol.